The van der Waals surface area contributed by atoms with Crippen LogP contribution in [0.2, 0.25) is 10.0 Å². The van der Waals surface area contributed by atoms with Crippen LogP contribution in [0.1, 0.15) is 29.7 Å². The number of carbonyl (C=O) groups is 1. The molecule has 0 saturated carbocycles. The highest BCUT2D eigenvalue weighted by molar-refractivity contribution is 6.33. The van der Waals surface area contributed by atoms with Gasteiger partial charge in [-0.15, -0.1) is 0 Å². The van der Waals surface area contributed by atoms with Crippen LogP contribution >= 0.6 is 23.2 Å². The first kappa shape index (κ1) is 21.6. The number of rotatable bonds is 4. The van der Waals surface area contributed by atoms with Gasteiger partial charge in [-0.05, 0) is 47.9 Å². The number of carbonyl (C=O) groups excluding carboxylic acids is 1. The van der Waals surface area contributed by atoms with Gasteiger partial charge in [0.1, 0.15) is 0 Å². The van der Waals surface area contributed by atoms with E-state index in [4.69, 9.17) is 23.2 Å². The van der Waals surface area contributed by atoms with Crippen LogP contribution < -0.4 is 0 Å². The zero-order valence-corrected chi connectivity index (χ0v) is 18.8. The van der Waals surface area contributed by atoms with E-state index in [1.807, 2.05) is 78.9 Å². The van der Waals surface area contributed by atoms with Gasteiger partial charge in [-0.1, -0.05) is 89.9 Å². The maximum absolute atomic E-state index is 13.4. The molecular weight excluding hydrogens is 425 g/mol. The summed E-state index contributed by atoms with van der Waals surface area (Å²) in [7, 11) is 0. The standard InChI is InChI=1S/C27H23Cl2NO/c1-19(20-9-3-2-4-10-20)30-17-23(15-21-11-5-7-13-25(21)28)27(31)24(18-30)16-22-12-6-8-14-26(22)29/h2-16,19H,17-18H2,1H3/t19-/m1/s1. The molecule has 0 aliphatic carbocycles. The molecule has 1 aliphatic rings. The predicted molar refractivity (Wildman–Crippen MR) is 130 cm³/mol. The van der Waals surface area contributed by atoms with Crippen LogP contribution in [-0.4, -0.2) is 23.8 Å². The van der Waals surface area contributed by atoms with Crippen LogP contribution in [0.4, 0.5) is 0 Å². The Labute approximate surface area is 193 Å². The number of halogens is 2. The van der Waals surface area contributed by atoms with Gasteiger partial charge >= 0.3 is 0 Å². The Bertz CT molecular complexity index is 1080. The van der Waals surface area contributed by atoms with Gasteiger partial charge in [-0.3, -0.25) is 9.69 Å². The first-order valence-electron chi connectivity index (χ1n) is 10.3. The lowest BCUT2D eigenvalue weighted by Gasteiger charge is -2.35. The zero-order chi connectivity index (χ0) is 21.8. The fraction of sp³-hybridized carbons (Fsp3) is 0.148. The highest BCUT2D eigenvalue weighted by atomic mass is 35.5. The molecule has 156 valence electrons. The molecule has 3 aromatic rings. The lowest BCUT2D eigenvalue weighted by atomic mass is 9.92. The van der Waals surface area contributed by atoms with Crippen molar-refractivity contribution in [3.63, 3.8) is 0 Å². The molecule has 31 heavy (non-hydrogen) atoms. The summed E-state index contributed by atoms with van der Waals surface area (Å²) in [6.07, 6.45) is 3.82. The Balaban J connectivity index is 1.75. The summed E-state index contributed by atoms with van der Waals surface area (Å²) in [5, 5.41) is 1.26. The summed E-state index contributed by atoms with van der Waals surface area (Å²) in [5.41, 5.74) is 4.35. The third kappa shape index (κ3) is 4.99. The smallest absolute Gasteiger partial charge is 0.187 e. The third-order valence-electron chi connectivity index (χ3n) is 5.63. The molecule has 0 N–H and O–H groups in total. The number of ketones is 1. The average molecular weight is 448 g/mol. The monoisotopic (exact) mass is 447 g/mol. The summed E-state index contributed by atoms with van der Waals surface area (Å²) in [5.74, 6) is 0.0383. The van der Waals surface area contributed by atoms with E-state index in [1.165, 1.54) is 5.56 Å². The molecule has 0 radical (unpaired) electrons. The third-order valence-corrected chi connectivity index (χ3v) is 6.32. The van der Waals surface area contributed by atoms with Crippen molar-refractivity contribution in [2.45, 2.75) is 13.0 Å². The molecule has 0 aromatic heterocycles. The van der Waals surface area contributed by atoms with Crippen LogP contribution in [0.15, 0.2) is 90.0 Å². The van der Waals surface area contributed by atoms with E-state index in [0.29, 0.717) is 23.1 Å². The lowest BCUT2D eigenvalue weighted by molar-refractivity contribution is -0.113. The van der Waals surface area contributed by atoms with Gasteiger partial charge in [0.05, 0.1) is 0 Å². The summed E-state index contributed by atoms with van der Waals surface area (Å²) in [4.78, 5) is 15.7. The van der Waals surface area contributed by atoms with Gasteiger partial charge < -0.3 is 0 Å². The zero-order valence-electron chi connectivity index (χ0n) is 17.3. The second-order valence-electron chi connectivity index (χ2n) is 7.70. The summed E-state index contributed by atoms with van der Waals surface area (Å²) >= 11 is 12.7. The summed E-state index contributed by atoms with van der Waals surface area (Å²) in [6.45, 7) is 3.28. The van der Waals surface area contributed by atoms with Gasteiger partial charge in [0.2, 0.25) is 0 Å². The molecule has 1 heterocycles. The minimum absolute atomic E-state index is 0.0383. The normalized spacial score (nSPS) is 18.5. The van der Waals surface area contributed by atoms with Crippen molar-refractivity contribution >= 4 is 41.1 Å². The fourth-order valence-electron chi connectivity index (χ4n) is 3.84. The number of likely N-dealkylation sites (tertiary alicyclic amines) is 1. The van der Waals surface area contributed by atoms with Gasteiger partial charge in [0, 0.05) is 40.3 Å². The predicted octanol–water partition coefficient (Wildman–Crippen LogP) is 7.11. The number of nitrogens with zero attached hydrogens (tertiary/aromatic N) is 1. The van der Waals surface area contributed by atoms with Gasteiger partial charge in [0.15, 0.2) is 5.78 Å². The van der Waals surface area contributed by atoms with Crippen molar-refractivity contribution in [3.8, 4) is 0 Å². The van der Waals surface area contributed by atoms with Gasteiger partial charge in [-0.25, -0.2) is 0 Å². The Kier molecular flexibility index (Phi) is 6.72. The van der Waals surface area contributed by atoms with E-state index >= 15 is 0 Å². The SMILES string of the molecule is C[C@H](c1ccccc1)N1CC(=Cc2ccccc2Cl)C(=O)C(=Cc2ccccc2Cl)C1. The Morgan fingerprint density at radius 3 is 1.68 bits per heavy atom. The van der Waals surface area contributed by atoms with Crippen molar-refractivity contribution in [1.29, 1.82) is 0 Å². The number of hydrogen-bond acceptors (Lipinski definition) is 2. The second-order valence-corrected chi connectivity index (χ2v) is 8.52. The van der Waals surface area contributed by atoms with Crippen LogP contribution in [0.3, 0.4) is 0 Å². The molecule has 1 saturated heterocycles. The van der Waals surface area contributed by atoms with Crippen LogP contribution in [-0.2, 0) is 4.79 Å². The van der Waals surface area contributed by atoms with Crippen molar-refractivity contribution in [3.05, 3.63) is 117 Å². The number of hydrogen-bond donors (Lipinski definition) is 0. The largest absolute Gasteiger partial charge is 0.289 e. The minimum atomic E-state index is 0.0383. The Hall–Kier alpha value is -2.65. The molecule has 4 heteroatoms. The number of Topliss-reactive ketones (excluding diaryl/α,β-unsaturated/α-hetero) is 1. The number of benzene rings is 3. The molecule has 3 aromatic carbocycles. The molecule has 1 atom stereocenters. The highest BCUT2D eigenvalue weighted by Gasteiger charge is 2.29. The summed E-state index contributed by atoms with van der Waals surface area (Å²) < 4.78 is 0. The topological polar surface area (TPSA) is 20.3 Å². The molecule has 0 amide bonds. The van der Waals surface area contributed by atoms with Crippen molar-refractivity contribution in [2.24, 2.45) is 0 Å². The van der Waals surface area contributed by atoms with E-state index in [2.05, 4.69) is 24.0 Å². The molecule has 1 aliphatic heterocycles. The first-order valence-corrected chi connectivity index (χ1v) is 11.0. The Morgan fingerprint density at radius 2 is 1.19 bits per heavy atom. The highest BCUT2D eigenvalue weighted by Crippen LogP contribution is 2.31. The number of piperidine rings is 1. The minimum Gasteiger partial charge on any atom is -0.289 e. The second kappa shape index (κ2) is 9.65. The quantitative estimate of drug-likeness (QED) is 0.397. The van der Waals surface area contributed by atoms with Crippen molar-refractivity contribution in [1.82, 2.24) is 4.90 Å². The fourth-order valence-corrected chi connectivity index (χ4v) is 4.22. The molecular formula is C27H23Cl2NO. The Morgan fingerprint density at radius 1 is 0.742 bits per heavy atom. The average Bonchev–Trinajstić information content (AvgIpc) is 2.79. The maximum atomic E-state index is 13.4. The van der Waals surface area contributed by atoms with Gasteiger partial charge in [0.25, 0.3) is 0 Å². The van der Waals surface area contributed by atoms with E-state index in [1.54, 1.807) is 0 Å². The molecule has 0 spiro atoms. The maximum Gasteiger partial charge on any atom is 0.187 e. The molecule has 2 nitrogen and oxygen atoms in total. The van der Waals surface area contributed by atoms with Crippen molar-refractivity contribution < 1.29 is 4.79 Å². The van der Waals surface area contributed by atoms with Crippen LogP contribution in [0.25, 0.3) is 12.2 Å². The van der Waals surface area contributed by atoms with E-state index < -0.39 is 0 Å². The molecule has 0 unspecified atom stereocenters. The molecule has 0 bridgehead atoms. The first-order chi connectivity index (χ1) is 15.0. The molecule has 4 rings (SSSR count). The van der Waals surface area contributed by atoms with E-state index in [0.717, 1.165) is 22.3 Å². The van der Waals surface area contributed by atoms with Crippen LogP contribution in [0.5, 0.6) is 0 Å². The van der Waals surface area contributed by atoms with E-state index in [-0.39, 0.29) is 11.8 Å². The summed E-state index contributed by atoms with van der Waals surface area (Å²) in [6, 6.07) is 25.7. The molecule has 1 fully saturated rings. The van der Waals surface area contributed by atoms with Crippen LogP contribution in [0, 0.1) is 0 Å². The van der Waals surface area contributed by atoms with Gasteiger partial charge in [-0.2, -0.15) is 0 Å². The lowest BCUT2D eigenvalue weighted by Crippen LogP contribution is -2.39. The van der Waals surface area contributed by atoms with E-state index in [9.17, 15) is 4.79 Å². The van der Waals surface area contributed by atoms with Crippen molar-refractivity contribution in [2.75, 3.05) is 13.1 Å².